The SMILES string of the molecule is CCCCNC(=O)C(C)NN1CCOCC1. The molecule has 2 N–H and O–H groups in total. The zero-order valence-electron chi connectivity index (χ0n) is 10.3. The van der Waals surface area contributed by atoms with Gasteiger partial charge in [0.25, 0.3) is 0 Å². The maximum absolute atomic E-state index is 11.7. The van der Waals surface area contributed by atoms with Crippen LogP contribution in [0.1, 0.15) is 26.7 Å². The van der Waals surface area contributed by atoms with Gasteiger partial charge in [0.05, 0.1) is 19.3 Å². The van der Waals surface area contributed by atoms with E-state index in [2.05, 4.69) is 17.7 Å². The van der Waals surface area contributed by atoms with Crippen molar-refractivity contribution in [2.45, 2.75) is 32.7 Å². The Bertz CT molecular complexity index is 205. The number of carbonyl (C=O) groups excluding carboxylic acids is 1. The minimum atomic E-state index is -0.171. The van der Waals surface area contributed by atoms with Crippen molar-refractivity contribution < 1.29 is 9.53 Å². The second kappa shape index (κ2) is 7.60. The summed E-state index contributed by atoms with van der Waals surface area (Å²) in [6.45, 7) is 7.91. The van der Waals surface area contributed by atoms with Gasteiger partial charge in [-0.05, 0) is 13.3 Å². The molecule has 0 saturated carbocycles. The predicted octanol–water partition coefficient (Wildman–Crippen LogP) is 0.128. The van der Waals surface area contributed by atoms with Gasteiger partial charge in [-0.2, -0.15) is 0 Å². The number of unbranched alkanes of at least 4 members (excludes halogenated alkanes) is 1. The summed E-state index contributed by atoms with van der Waals surface area (Å²) < 4.78 is 5.24. The number of nitrogens with one attached hydrogen (secondary N) is 2. The first-order valence-corrected chi connectivity index (χ1v) is 6.10. The second-order valence-electron chi connectivity index (χ2n) is 4.09. The van der Waals surface area contributed by atoms with Gasteiger partial charge in [0.15, 0.2) is 0 Å². The summed E-state index contributed by atoms with van der Waals surface area (Å²) in [6, 6.07) is -0.171. The fourth-order valence-corrected chi connectivity index (χ4v) is 1.57. The van der Waals surface area contributed by atoms with E-state index in [0.29, 0.717) is 0 Å². The number of hydrogen-bond acceptors (Lipinski definition) is 4. The van der Waals surface area contributed by atoms with Crippen molar-refractivity contribution in [1.82, 2.24) is 15.8 Å². The summed E-state index contributed by atoms with van der Waals surface area (Å²) in [5, 5.41) is 4.96. The van der Waals surface area contributed by atoms with Gasteiger partial charge in [0.1, 0.15) is 0 Å². The summed E-state index contributed by atoms with van der Waals surface area (Å²) in [4.78, 5) is 11.7. The Morgan fingerprint density at radius 2 is 2.12 bits per heavy atom. The van der Waals surface area contributed by atoms with Crippen LogP contribution in [0, 0.1) is 0 Å². The molecule has 1 saturated heterocycles. The van der Waals surface area contributed by atoms with Crippen LogP contribution in [-0.4, -0.2) is 49.8 Å². The molecule has 0 spiro atoms. The van der Waals surface area contributed by atoms with Crippen molar-refractivity contribution in [2.75, 3.05) is 32.8 Å². The third-order valence-electron chi connectivity index (χ3n) is 2.61. The number of nitrogens with zero attached hydrogens (tertiary/aromatic N) is 1. The number of ether oxygens (including phenoxy) is 1. The number of amides is 1. The van der Waals surface area contributed by atoms with E-state index in [-0.39, 0.29) is 11.9 Å². The first kappa shape index (κ1) is 13.4. The van der Waals surface area contributed by atoms with Crippen molar-refractivity contribution >= 4 is 5.91 Å². The second-order valence-corrected chi connectivity index (χ2v) is 4.09. The molecule has 1 aliphatic heterocycles. The van der Waals surface area contributed by atoms with Crippen LogP contribution in [-0.2, 0) is 9.53 Å². The fraction of sp³-hybridized carbons (Fsp3) is 0.909. The van der Waals surface area contributed by atoms with E-state index in [4.69, 9.17) is 4.74 Å². The Hall–Kier alpha value is -0.650. The minimum absolute atomic E-state index is 0.0694. The van der Waals surface area contributed by atoms with Gasteiger partial charge in [-0.25, -0.2) is 10.4 Å². The first-order valence-electron chi connectivity index (χ1n) is 6.10. The minimum Gasteiger partial charge on any atom is -0.379 e. The molecule has 1 heterocycles. The molecule has 1 amide bonds. The van der Waals surface area contributed by atoms with Crippen LogP contribution in [0.25, 0.3) is 0 Å². The summed E-state index contributed by atoms with van der Waals surface area (Å²) >= 11 is 0. The Balaban J connectivity index is 2.16. The van der Waals surface area contributed by atoms with E-state index in [0.717, 1.165) is 45.7 Å². The van der Waals surface area contributed by atoms with E-state index >= 15 is 0 Å². The highest BCUT2D eigenvalue weighted by molar-refractivity contribution is 5.81. The molecule has 1 fully saturated rings. The highest BCUT2D eigenvalue weighted by atomic mass is 16.5. The third kappa shape index (κ3) is 4.92. The van der Waals surface area contributed by atoms with Gasteiger partial charge < -0.3 is 10.1 Å². The van der Waals surface area contributed by atoms with Crippen molar-refractivity contribution in [3.8, 4) is 0 Å². The van der Waals surface area contributed by atoms with Crippen molar-refractivity contribution in [1.29, 1.82) is 0 Å². The average Bonchev–Trinajstić information content (AvgIpc) is 2.30. The largest absolute Gasteiger partial charge is 0.379 e. The van der Waals surface area contributed by atoms with Crippen LogP contribution in [0.4, 0.5) is 0 Å². The molecule has 1 aliphatic rings. The molecule has 16 heavy (non-hydrogen) atoms. The molecule has 1 rings (SSSR count). The lowest BCUT2D eigenvalue weighted by atomic mass is 10.3. The number of carbonyl (C=O) groups is 1. The maximum Gasteiger partial charge on any atom is 0.238 e. The zero-order valence-corrected chi connectivity index (χ0v) is 10.3. The van der Waals surface area contributed by atoms with Crippen LogP contribution >= 0.6 is 0 Å². The van der Waals surface area contributed by atoms with E-state index in [1.165, 1.54) is 0 Å². The molecular formula is C11H23N3O2. The molecule has 0 aromatic carbocycles. The summed E-state index contributed by atoms with van der Waals surface area (Å²) in [6.07, 6.45) is 2.14. The predicted molar refractivity (Wildman–Crippen MR) is 62.9 cm³/mol. The monoisotopic (exact) mass is 229 g/mol. The average molecular weight is 229 g/mol. The highest BCUT2D eigenvalue weighted by Gasteiger charge is 2.17. The van der Waals surface area contributed by atoms with Crippen molar-refractivity contribution in [3.63, 3.8) is 0 Å². The van der Waals surface area contributed by atoms with Gasteiger partial charge in [0, 0.05) is 19.6 Å². The molecule has 0 aromatic heterocycles. The van der Waals surface area contributed by atoms with E-state index in [1.807, 2.05) is 11.9 Å². The van der Waals surface area contributed by atoms with Crippen LogP contribution in [0.2, 0.25) is 0 Å². The molecule has 0 radical (unpaired) electrons. The molecule has 1 atom stereocenters. The first-order chi connectivity index (χ1) is 7.74. The topological polar surface area (TPSA) is 53.6 Å². The number of hydrogen-bond donors (Lipinski definition) is 2. The fourth-order valence-electron chi connectivity index (χ4n) is 1.57. The lowest BCUT2D eigenvalue weighted by molar-refractivity contribution is -0.124. The maximum atomic E-state index is 11.7. The van der Waals surface area contributed by atoms with E-state index in [1.54, 1.807) is 0 Å². The summed E-state index contributed by atoms with van der Waals surface area (Å²) in [7, 11) is 0. The molecule has 5 nitrogen and oxygen atoms in total. The third-order valence-corrected chi connectivity index (χ3v) is 2.61. The smallest absolute Gasteiger partial charge is 0.238 e. The molecular weight excluding hydrogens is 206 g/mol. The van der Waals surface area contributed by atoms with Crippen LogP contribution in [0.15, 0.2) is 0 Å². The normalized spacial score (nSPS) is 19.4. The molecule has 0 bridgehead atoms. The number of rotatable bonds is 6. The Morgan fingerprint density at radius 1 is 1.44 bits per heavy atom. The quantitative estimate of drug-likeness (QED) is 0.636. The standard InChI is InChI=1S/C11H23N3O2/c1-3-4-5-12-11(15)10(2)13-14-6-8-16-9-7-14/h10,13H,3-9H2,1-2H3,(H,12,15). The van der Waals surface area contributed by atoms with E-state index < -0.39 is 0 Å². The lowest BCUT2D eigenvalue weighted by Gasteiger charge is -2.29. The van der Waals surface area contributed by atoms with Crippen LogP contribution < -0.4 is 10.7 Å². The van der Waals surface area contributed by atoms with Crippen molar-refractivity contribution in [2.24, 2.45) is 0 Å². The van der Waals surface area contributed by atoms with Crippen LogP contribution in [0.3, 0.4) is 0 Å². The van der Waals surface area contributed by atoms with Gasteiger partial charge in [0.2, 0.25) is 5.91 Å². The van der Waals surface area contributed by atoms with Gasteiger partial charge in [-0.3, -0.25) is 4.79 Å². The molecule has 5 heteroatoms. The molecule has 94 valence electrons. The molecule has 0 aliphatic carbocycles. The number of hydrazine groups is 1. The Morgan fingerprint density at radius 3 is 2.75 bits per heavy atom. The lowest BCUT2D eigenvalue weighted by Crippen LogP contribution is -2.54. The molecule has 0 aromatic rings. The number of morpholine rings is 1. The van der Waals surface area contributed by atoms with Gasteiger partial charge in [-0.1, -0.05) is 13.3 Å². The van der Waals surface area contributed by atoms with Gasteiger partial charge >= 0.3 is 0 Å². The zero-order chi connectivity index (χ0) is 11.8. The van der Waals surface area contributed by atoms with E-state index in [9.17, 15) is 4.79 Å². The highest BCUT2D eigenvalue weighted by Crippen LogP contribution is 1.95. The van der Waals surface area contributed by atoms with Crippen LogP contribution in [0.5, 0.6) is 0 Å². The van der Waals surface area contributed by atoms with Gasteiger partial charge in [-0.15, -0.1) is 0 Å². The summed E-state index contributed by atoms with van der Waals surface area (Å²) in [5.74, 6) is 0.0694. The Kier molecular flexibility index (Phi) is 6.37. The van der Waals surface area contributed by atoms with Crippen molar-refractivity contribution in [3.05, 3.63) is 0 Å². The Labute approximate surface area is 97.5 Å². The molecule has 1 unspecified atom stereocenters. The summed E-state index contributed by atoms with van der Waals surface area (Å²) in [5.41, 5.74) is 3.19.